The van der Waals surface area contributed by atoms with Crippen molar-refractivity contribution < 1.29 is 0 Å². The van der Waals surface area contributed by atoms with Gasteiger partial charge in [-0.2, -0.15) is 0 Å². The van der Waals surface area contributed by atoms with E-state index in [1.807, 2.05) is 6.07 Å². The molecule has 1 atom stereocenters. The third-order valence-electron chi connectivity index (χ3n) is 3.26. The fourth-order valence-corrected chi connectivity index (χ4v) is 2.40. The highest BCUT2D eigenvalue weighted by Gasteiger charge is 2.08. The fourth-order valence-electron chi connectivity index (χ4n) is 2.13. The molecule has 19 heavy (non-hydrogen) atoms. The normalized spacial score (nSPS) is 12.3. The van der Waals surface area contributed by atoms with Crippen LogP contribution in [0.1, 0.15) is 17.5 Å². The Morgan fingerprint density at radius 3 is 2.26 bits per heavy atom. The average molecular weight is 319 g/mol. The molecule has 3 heteroatoms. The summed E-state index contributed by atoms with van der Waals surface area (Å²) < 4.78 is 1.11. The van der Waals surface area contributed by atoms with E-state index < -0.39 is 0 Å². The topological polar surface area (TPSA) is 38.0 Å². The summed E-state index contributed by atoms with van der Waals surface area (Å²) in [5, 5.41) is 0. The van der Waals surface area contributed by atoms with Crippen molar-refractivity contribution >= 4 is 15.9 Å². The van der Waals surface area contributed by atoms with E-state index in [0.717, 1.165) is 23.7 Å². The van der Waals surface area contributed by atoms with Crippen LogP contribution in [0.15, 0.2) is 59.1 Å². The molecule has 1 unspecified atom stereocenters. The van der Waals surface area contributed by atoms with Crippen molar-refractivity contribution in [2.45, 2.75) is 25.3 Å². The van der Waals surface area contributed by atoms with Gasteiger partial charge in [0.25, 0.3) is 0 Å². The van der Waals surface area contributed by atoms with Crippen LogP contribution in [0, 0.1) is 0 Å². The Hall–Kier alpha value is -1.16. The number of aryl methyl sites for hydroxylation is 1. The molecule has 0 aliphatic carbocycles. The number of hydrogen-bond acceptors (Lipinski definition) is 2. The van der Waals surface area contributed by atoms with Crippen LogP contribution in [0.5, 0.6) is 0 Å². The van der Waals surface area contributed by atoms with Gasteiger partial charge >= 0.3 is 0 Å². The molecule has 2 aromatic rings. The van der Waals surface area contributed by atoms with E-state index >= 15 is 0 Å². The first-order valence-corrected chi connectivity index (χ1v) is 7.31. The molecule has 2 rings (SSSR count). The van der Waals surface area contributed by atoms with E-state index in [-0.39, 0.29) is 0 Å². The van der Waals surface area contributed by atoms with Gasteiger partial charge in [0, 0.05) is 10.5 Å². The molecule has 3 N–H and O–H groups in total. The van der Waals surface area contributed by atoms with E-state index in [1.54, 1.807) is 0 Å². The predicted octanol–water partition coefficient (Wildman–Crippen LogP) is 3.46. The summed E-state index contributed by atoms with van der Waals surface area (Å²) in [4.78, 5) is 0. The lowest BCUT2D eigenvalue weighted by Crippen LogP contribution is -2.37. The molecule has 0 saturated heterocycles. The second-order valence-electron chi connectivity index (χ2n) is 4.72. The number of benzene rings is 2. The van der Waals surface area contributed by atoms with E-state index in [0.29, 0.717) is 6.04 Å². The standard InChI is InChI=1S/C16H19BrN2/c17-15-9-6-14(7-10-15)12-16(19-18)11-8-13-4-2-1-3-5-13/h1-7,9-10,16,19H,8,11-12,18H2. The number of rotatable bonds is 6. The van der Waals surface area contributed by atoms with Gasteiger partial charge in [0.05, 0.1) is 0 Å². The first kappa shape index (κ1) is 14.3. The lowest BCUT2D eigenvalue weighted by molar-refractivity contribution is 0.491. The average Bonchev–Trinajstić information content (AvgIpc) is 2.46. The van der Waals surface area contributed by atoms with Gasteiger partial charge in [-0.15, -0.1) is 0 Å². The Balaban J connectivity index is 1.88. The van der Waals surface area contributed by atoms with Crippen molar-refractivity contribution in [2.24, 2.45) is 5.84 Å². The van der Waals surface area contributed by atoms with E-state index in [1.165, 1.54) is 11.1 Å². The van der Waals surface area contributed by atoms with Gasteiger partial charge in [-0.25, -0.2) is 0 Å². The minimum atomic E-state index is 0.307. The third-order valence-corrected chi connectivity index (χ3v) is 3.78. The molecule has 100 valence electrons. The molecule has 0 aliphatic heterocycles. The molecule has 0 heterocycles. The minimum Gasteiger partial charge on any atom is -0.271 e. The zero-order valence-electron chi connectivity index (χ0n) is 10.9. The molecule has 0 fully saturated rings. The summed E-state index contributed by atoms with van der Waals surface area (Å²) in [6, 6.07) is 19.2. The van der Waals surface area contributed by atoms with Crippen LogP contribution < -0.4 is 11.3 Å². The van der Waals surface area contributed by atoms with Crippen LogP contribution in [0.3, 0.4) is 0 Å². The molecule has 0 spiro atoms. The number of nitrogens with one attached hydrogen (secondary N) is 1. The maximum atomic E-state index is 5.66. The van der Waals surface area contributed by atoms with Crippen LogP contribution in [0.4, 0.5) is 0 Å². The second kappa shape index (κ2) is 7.43. The Bertz CT molecular complexity index is 482. The number of hydrogen-bond donors (Lipinski definition) is 2. The van der Waals surface area contributed by atoms with Crippen molar-refractivity contribution in [1.82, 2.24) is 5.43 Å². The largest absolute Gasteiger partial charge is 0.271 e. The molecular weight excluding hydrogens is 300 g/mol. The van der Waals surface area contributed by atoms with Gasteiger partial charge in [-0.3, -0.25) is 11.3 Å². The van der Waals surface area contributed by atoms with Crippen molar-refractivity contribution in [3.63, 3.8) is 0 Å². The highest BCUT2D eigenvalue weighted by atomic mass is 79.9. The lowest BCUT2D eigenvalue weighted by atomic mass is 9.99. The molecule has 0 amide bonds. The molecular formula is C16H19BrN2. The van der Waals surface area contributed by atoms with Crippen molar-refractivity contribution in [3.05, 3.63) is 70.2 Å². The van der Waals surface area contributed by atoms with Crippen LogP contribution in [0.2, 0.25) is 0 Å². The van der Waals surface area contributed by atoms with E-state index in [9.17, 15) is 0 Å². The maximum absolute atomic E-state index is 5.66. The smallest absolute Gasteiger partial charge is 0.0254 e. The van der Waals surface area contributed by atoms with Gasteiger partial charge in [-0.05, 0) is 42.5 Å². The number of nitrogens with two attached hydrogens (primary N) is 1. The monoisotopic (exact) mass is 318 g/mol. The first-order valence-electron chi connectivity index (χ1n) is 6.52. The first-order chi connectivity index (χ1) is 9.28. The zero-order valence-corrected chi connectivity index (χ0v) is 12.4. The maximum Gasteiger partial charge on any atom is 0.0254 e. The molecule has 0 radical (unpaired) electrons. The highest BCUT2D eigenvalue weighted by Crippen LogP contribution is 2.13. The Morgan fingerprint density at radius 2 is 1.63 bits per heavy atom. The predicted molar refractivity (Wildman–Crippen MR) is 83.7 cm³/mol. The molecule has 0 aromatic heterocycles. The number of halogens is 1. The zero-order chi connectivity index (χ0) is 13.5. The van der Waals surface area contributed by atoms with Gasteiger partial charge in [-0.1, -0.05) is 58.4 Å². The Kier molecular flexibility index (Phi) is 5.58. The molecule has 2 nitrogen and oxygen atoms in total. The van der Waals surface area contributed by atoms with Crippen molar-refractivity contribution in [2.75, 3.05) is 0 Å². The Labute approximate surface area is 123 Å². The van der Waals surface area contributed by atoms with Crippen molar-refractivity contribution in [3.8, 4) is 0 Å². The van der Waals surface area contributed by atoms with E-state index in [2.05, 4.69) is 69.9 Å². The Morgan fingerprint density at radius 1 is 0.947 bits per heavy atom. The second-order valence-corrected chi connectivity index (χ2v) is 5.63. The summed E-state index contributed by atoms with van der Waals surface area (Å²) in [6.45, 7) is 0. The highest BCUT2D eigenvalue weighted by molar-refractivity contribution is 9.10. The SMILES string of the molecule is NNC(CCc1ccccc1)Cc1ccc(Br)cc1. The fraction of sp³-hybridized carbons (Fsp3) is 0.250. The summed E-state index contributed by atoms with van der Waals surface area (Å²) in [5.74, 6) is 5.66. The summed E-state index contributed by atoms with van der Waals surface area (Å²) in [5.41, 5.74) is 5.59. The van der Waals surface area contributed by atoms with Gasteiger partial charge in [0.1, 0.15) is 0 Å². The van der Waals surface area contributed by atoms with Crippen LogP contribution in [0.25, 0.3) is 0 Å². The summed E-state index contributed by atoms with van der Waals surface area (Å²) >= 11 is 3.45. The number of hydrazine groups is 1. The van der Waals surface area contributed by atoms with Gasteiger partial charge in [0.2, 0.25) is 0 Å². The van der Waals surface area contributed by atoms with Gasteiger partial charge < -0.3 is 0 Å². The molecule has 0 bridgehead atoms. The van der Waals surface area contributed by atoms with E-state index in [4.69, 9.17) is 5.84 Å². The summed E-state index contributed by atoms with van der Waals surface area (Å²) in [6.07, 6.45) is 3.04. The van der Waals surface area contributed by atoms with Gasteiger partial charge in [0.15, 0.2) is 0 Å². The molecule has 0 aliphatic rings. The lowest BCUT2D eigenvalue weighted by Gasteiger charge is -2.16. The van der Waals surface area contributed by atoms with Crippen LogP contribution in [-0.2, 0) is 12.8 Å². The van der Waals surface area contributed by atoms with Crippen molar-refractivity contribution in [1.29, 1.82) is 0 Å². The molecule has 2 aromatic carbocycles. The third kappa shape index (κ3) is 4.78. The summed E-state index contributed by atoms with van der Waals surface area (Å²) in [7, 11) is 0. The van der Waals surface area contributed by atoms with Crippen LogP contribution >= 0.6 is 15.9 Å². The van der Waals surface area contributed by atoms with Crippen LogP contribution in [-0.4, -0.2) is 6.04 Å². The minimum absolute atomic E-state index is 0.307. The molecule has 0 saturated carbocycles. The quantitative estimate of drug-likeness (QED) is 0.632.